The van der Waals surface area contributed by atoms with E-state index in [0.29, 0.717) is 17.4 Å². The molecular formula is C17H19ClN2O3S. The Hall–Kier alpha value is -2.15. The second-order valence-corrected chi connectivity index (χ2v) is 6.67. The molecule has 2 rings (SSSR count). The summed E-state index contributed by atoms with van der Waals surface area (Å²) < 4.78 is 29.6. The van der Waals surface area contributed by atoms with E-state index >= 15 is 0 Å². The lowest BCUT2D eigenvalue weighted by atomic mass is 10.2. The third kappa shape index (κ3) is 6.95. The molecule has 0 aromatic heterocycles. The molecule has 0 spiro atoms. The van der Waals surface area contributed by atoms with Gasteiger partial charge in [0.15, 0.2) is 0 Å². The predicted octanol–water partition coefficient (Wildman–Crippen LogP) is 3.47. The first kappa shape index (κ1) is 19.9. The van der Waals surface area contributed by atoms with Gasteiger partial charge < -0.3 is 5.73 Å². The molecule has 24 heavy (non-hydrogen) atoms. The summed E-state index contributed by atoms with van der Waals surface area (Å²) in [6.45, 7) is 5.93. The topological polar surface area (TPSA) is 92.8 Å². The molecule has 0 fully saturated rings. The second kappa shape index (κ2) is 9.22. The van der Waals surface area contributed by atoms with Crippen molar-refractivity contribution < 1.29 is 13.0 Å². The van der Waals surface area contributed by atoms with E-state index in [1.165, 1.54) is 12.1 Å². The minimum absolute atomic E-state index is 0.0666. The minimum atomic E-state index is -4.02. The van der Waals surface area contributed by atoms with Gasteiger partial charge in [-0.2, -0.15) is 8.42 Å². The smallest absolute Gasteiger partial charge is 0.294 e. The monoisotopic (exact) mass is 366 g/mol. The summed E-state index contributed by atoms with van der Waals surface area (Å²) in [7, 11) is -4.02. The van der Waals surface area contributed by atoms with E-state index in [4.69, 9.17) is 21.9 Å². The fourth-order valence-electron chi connectivity index (χ4n) is 1.59. The number of nitrogens with two attached hydrogens (primary N) is 1. The number of halogens is 1. The van der Waals surface area contributed by atoms with Crippen LogP contribution in [0, 0.1) is 6.92 Å². The van der Waals surface area contributed by atoms with E-state index in [1.807, 2.05) is 19.1 Å². The van der Waals surface area contributed by atoms with Crippen LogP contribution in [0.5, 0.6) is 0 Å². The first-order chi connectivity index (χ1) is 11.2. The summed E-state index contributed by atoms with van der Waals surface area (Å²) in [5.74, 6) is 0.511. The van der Waals surface area contributed by atoms with Crippen molar-refractivity contribution in [2.75, 3.05) is 6.54 Å². The highest BCUT2D eigenvalue weighted by Crippen LogP contribution is 2.09. The van der Waals surface area contributed by atoms with E-state index < -0.39 is 10.1 Å². The van der Waals surface area contributed by atoms with Gasteiger partial charge in [-0.15, -0.1) is 6.58 Å². The van der Waals surface area contributed by atoms with Crippen molar-refractivity contribution in [2.24, 2.45) is 10.7 Å². The van der Waals surface area contributed by atoms with E-state index in [1.54, 1.807) is 30.3 Å². The van der Waals surface area contributed by atoms with Crippen LogP contribution in [-0.4, -0.2) is 25.4 Å². The highest BCUT2D eigenvalue weighted by molar-refractivity contribution is 7.85. The molecular weight excluding hydrogens is 348 g/mol. The fraction of sp³-hybridized carbons (Fsp3) is 0.118. The summed E-state index contributed by atoms with van der Waals surface area (Å²) in [5, 5.41) is 0.695. The average molecular weight is 367 g/mol. The number of nitrogens with zero attached hydrogens (tertiary/aromatic N) is 1. The molecule has 3 N–H and O–H groups in total. The number of rotatable bonds is 4. The van der Waals surface area contributed by atoms with Crippen LogP contribution in [0.3, 0.4) is 0 Å². The summed E-state index contributed by atoms with van der Waals surface area (Å²) in [6, 6.07) is 13.2. The molecule has 2 aromatic rings. The summed E-state index contributed by atoms with van der Waals surface area (Å²) in [4.78, 5) is 4.01. The maximum Gasteiger partial charge on any atom is 0.294 e. The molecule has 0 aliphatic rings. The first-order valence-corrected chi connectivity index (χ1v) is 8.76. The van der Waals surface area contributed by atoms with E-state index in [2.05, 4.69) is 11.6 Å². The van der Waals surface area contributed by atoms with Crippen molar-refractivity contribution in [3.05, 3.63) is 77.3 Å². The predicted molar refractivity (Wildman–Crippen MR) is 98.2 cm³/mol. The van der Waals surface area contributed by atoms with E-state index in [9.17, 15) is 8.42 Å². The molecule has 0 amide bonds. The Morgan fingerprint density at radius 1 is 1.21 bits per heavy atom. The van der Waals surface area contributed by atoms with Gasteiger partial charge in [-0.05, 0) is 43.3 Å². The van der Waals surface area contributed by atoms with Gasteiger partial charge in [0.2, 0.25) is 0 Å². The zero-order valence-electron chi connectivity index (χ0n) is 13.2. The summed E-state index contributed by atoms with van der Waals surface area (Å²) in [5.41, 5.74) is 7.53. The lowest BCUT2D eigenvalue weighted by Crippen LogP contribution is -2.13. The highest BCUT2D eigenvalue weighted by atomic mass is 35.5. The molecule has 2 aromatic carbocycles. The van der Waals surface area contributed by atoms with E-state index in [0.717, 1.165) is 11.1 Å². The molecule has 0 saturated heterocycles. The zero-order valence-corrected chi connectivity index (χ0v) is 14.8. The van der Waals surface area contributed by atoms with E-state index in [-0.39, 0.29) is 4.90 Å². The Morgan fingerprint density at radius 2 is 1.75 bits per heavy atom. The third-order valence-corrected chi connectivity index (χ3v) is 3.97. The molecule has 128 valence electrons. The van der Waals surface area contributed by atoms with Crippen molar-refractivity contribution in [2.45, 2.75) is 11.8 Å². The van der Waals surface area contributed by atoms with Gasteiger partial charge in [0.25, 0.3) is 10.1 Å². The lowest BCUT2D eigenvalue weighted by Gasteiger charge is -1.99. The summed E-state index contributed by atoms with van der Waals surface area (Å²) >= 11 is 5.72. The molecule has 0 atom stereocenters. The molecule has 0 bridgehead atoms. The van der Waals surface area contributed by atoms with Crippen LogP contribution in [-0.2, 0) is 10.1 Å². The quantitative estimate of drug-likeness (QED) is 0.375. The van der Waals surface area contributed by atoms with Crippen LogP contribution in [0.25, 0.3) is 0 Å². The highest BCUT2D eigenvalue weighted by Gasteiger charge is 2.06. The molecule has 5 nitrogen and oxygen atoms in total. The Labute approximate surface area is 147 Å². The van der Waals surface area contributed by atoms with Crippen molar-refractivity contribution in [1.29, 1.82) is 0 Å². The van der Waals surface area contributed by atoms with Crippen LogP contribution in [0.15, 0.2) is 71.1 Å². The maximum atomic E-state index is 10.5. The molecule has 0 radical (unpaired) electrons. The van der Waals surface area contributed by atoms with Crippen molar-refractivity contribution in [3.63, 3.8) is 0 Å². The third-order valence-electron chi connectivity index (χ3n) is 2.85. The second-order valence-electron chi connectivity index (χ2n) is 4.81. The van der Waals surface area contributed by atoms with Gasteiger partial charge in [-0.1, -0.05) is 35.4 Å². The fourth-order valence-corrected chi connectivity index (χ4v) is 2.19. The molecule has 0 unspecified atom stereocenters. The van der Waals surface area contributed by atoms with Gasteiger partial charge in [0, 0.05) is 10.6 Å². The SMILES string of the molecule is C=CCN=C(N)c1ccc(Cl)cc1.Cc1ccc(S(=O)(=O)O)cc1. The maximum absolute atomic E-state index is 10.5. The largest absolute Gasteiger partial charge is 0.383 e. The number of hydrogen-bond acceptors (Lipinski definition) is 3. The van der Waals surface area contributed by atoms with Crippen LogP contribution in [0.4, 0.5) is 0 Å². The molecule has 0 aliphatic carbocycles. The van der Waals surface area contributed by atoms with Gasteiger partial charge in [-0.25, -0.2) is 0 Å². The van der Waals surface area contributed by atoms with Gasteiger partial charge in [0.1, 0.15) is 5.84 Å². The molecule has 0 heterocycles. The molecule has 0 saturated carbocycles. The normalized spacial score (nSPS) is 11.4. The first-order valence-electron chi connectivity index (χ1n) is 6.95. The molecule has 0 aliphatic heterocycles. The average Bonchev–Trinajstić information content (AvgIpc) is 2.53. The van der Waals surface area contributed by atoms with Crippen LogP contribution >= 0.6 is 11.6 Å². The van der Waals surface area contributed by atoms with Gasteiger partial charge >= 0.3 is 0 Å². The number of amidine groups is 1. The summed E-state index contributed by atoms with van der Waals surface area (Å²) in [6.07, 6.45) is 1.70. The van der Waals surface area contributed by atoms with Crippen LogP contribution in [0.1, 0.15) is 11.1 Å². The van der Waals surface area contributed by atoms with Crippen molar-refractivity contribution in [3.8, 4) is 0 Å². The zero-order chi connectivity index (χ0) is 18.2. The number of aryl methyl sites for hydroxylation is 1. The number of benzene rings is 2. The Morgan fingerprint density at radius 3 is 2.21 bits per heavy atom. The molecule has 7 heteroatoms. The van der Waals surface area contributed by atoms with Gasteiger partial charge in [-0.3, -0.25) is 9.55 Å². The van der Waals surface area contributed by atoms with Crippen molar-refractivity contribution >= 4 is 27.6 Å². The van der Waals surface area contributed by atoms with Crippen molar-refractivity contribution in [1.82, 2.24) is 0 Å². The van der Waals surface area contributed by atoms with Gasteiger partial charge in [0.05, 0.1) is 11.4 Å². The van der Waals surface area contributed by atoms with Crippen LogP contribution in [0.2, 0.25) is 5.02 Å². The minimum Gasteiger partial charge on any atom is -0.383 e. The Balaban J connectivity index is 0.000000243. The standard InChI is InChI=1S/C10H11ClN2.C7H8O3S/c1-2-7-13-10(12)8-3-5-9(11)6-4-8;1-6-2-4-7(5-3-6)11(8,9)10/h2-6H,1,7H2,(H2,12,13);2-5H,1H3,(H,8,9,10). The number of hydrogen-bond donors (Lipinski definition) is 2. The van der Waals surface area contributed by atoms with Crippen LogP contribution < -0.4 is 5.73 Å². The Bertz CT molecular complexity index is 799. The number of aliphatic imine (C=N–C) groups is 1. The lowest BCUT2D eigenvalue weighted by molar-refractivity contribution is 0.483. The Kier molecular flexibility index (Phi) is 7.64.